The van der Waals surface area contributed by atoms with E-state index in [1.54, 1.807) is 19.9 Å². The Balaban J connectivity index is 1.93. The molecular formula is C24H30FN3O6S2. The first kappa shape index (κ1) is 27.6. The smallest absolute Gasteiger partial charge is 0.255 e. The zero-order valence-corrected chi connectivity index (χ0v) is 22.2. The zero-order chi connectivity index (χ0) is 26.7. The predicted octanol–water partition coefficient (Wildman–Crippen LogP) is 3.90. The van der Waals surface area contributed by atoms with E-state index in [2.05, 4.69) is 15.0 Å². The second-order valence-electron chi connectivity index (χ2n) is 8.64. The number of amides is 1. The van der Waals surface area contributed by atoms with Gasteiger partial charge in [-0.15, -0.1) is 0 Å². The van der Waals surface area contributed by atoms with E-state index in [9.17, 15) is 26.0 Å². The molecule has 2 N–H and O–H groups in total. The van der Waals surface area contributed by atoms with Crippen molar-refractivity contribution in [2.24, 2.45) is 0 Å². The number of pyridine rings is 1. The van der Waals surface area contributed by atoms with Crippen molar-refractivity contribution in [3.63, 3.8) is 0 Å². The zero-order valence-electron chi connectivity index (χ0n) is 20.6. The van der Waals surface area contributed by atoms with Gasteiger partial charge in [0.05, 0.1) is 27.7 Å². The third-order valence-electron chi connectivity index (χ3n) is 5.77. The summed E-state index contributed by atoms with van der Waals surface area (Å²) in [6.07, 6.45) is 0.808. The van der Waals surface area contributed by atoms with Gasteiger partial charge in [0.2, 0.25) is 15.7 Å². The highest BCUT2D eigenvalue weighted by Crippen LogP contribution is 2.35. The summed E-state index contributed by atoms with van der Waals surface area (Å²) < 4.78 is 71.1. The van der Waals surface area contributed by atoms with Gasteiger partial charge >= 0.3 is 0 Å². The fourth-order valence-corrected chi connectivity index (χ4v) is 5.84. The number of anilines is 1. The van der Waals surface area contributed by atoms with Crippen molar-refractivity contribution in [3.05, 3.63) is 47.3 Å². The van der Waals surface area contributed by atoms with Crippen molar-refractivity contribution in [1.29, 1.82) is 0 Å². The number of carbonyl (C=O) groups is 1. The van der Waals surface area contributed by atoms with Crippen molar-refractivity contribution < 1.29 is 30.4 Å². The maximum Gasteiger partial charge on any atom is 0.255 e. The number of unbranched alkanes of at least 4 members (excludes halogenated alkanes) is 1. The van der Waals surface area contributed by atoms with Crippen LogP contribution in [0, 0.1) is 5.82 Å². The number of hydrogen-bond donors (Lipinski definition) is 2. The number of furan rings is 1. The molecular weight excluding hydrogens is 509 g/mol. The van der Waals surface area contributed by atoms with Crippen LogP contribution in [-0.4, -0.2) is 51.5 Å². The summed E-state index contributed by atoms with van der Waals surface area (Å²) in [5, 5.41) is 2.45. The number of benzene rings is 1. The Morgan fingerprint density at radius 2 is 1.72 bits per heavy atom. The van der Waals surface area contributed by atoms with Gasteiger partial charge in [-0.2, -0.15) is 4.98 Å². The van der Waals surface area contributed by atoms with E-state index >= 15 is 0 Å². The van der Waals surface area contributed by atoms with E-state index in [1.165, 1.54) is 31.3 Å². The second-order valence-corrected chi connectivity index (χ2v) is 13.2. The summed E-state index contributed by atoms with van der Waals surface area (Å²) in [7, 11) is -5.59. The first-order valence-electron chi connectivity index (χ1n) is 11.5. The summed E-state index contributed by atoms with van der Waals surface area (Å²) in [5.41, 5.74) is 1.27. The molecule has 9 nitrogen and oxygen atoms in total. The molecule has 2 heterocycles. The minimum atomic E-state index is -3.83. The summed E-state index contributed by atoms with van der Waals surface area (Å²) in [5.74, 6) is -0.965. The first-order chi connectivity index (χ1) is 16.9. The predicted molar refractivity (Wildman–Crippen MR) is 138 cm³/mol. The first-order valence-corrected chi connectivity index (χ1v) is 14.9. The van der Waals surface area contributed by atoms with E-state index in [4.69, 9.17) is 4.42 Å². The van der Waals surface area contributed by atoms with E-state index < -0.39 is 36.8 Å². The van der Waals surface area contributed by atoms with Crippen LogP contribution in [0.5, 0.6) is 0 Å². The molecule has 0 bridgehead atoms. The fourth-order valence-electron chi connectivity index (χ4n) is 3.61. The van der Waals surface area contributed by atoms with Crippen molar-refractivity contribution in [2.75, 3.05) is 23.3 Å². The lowest BCUT2D eigenvalue weighted by molar-refractivity contribution is 0.0964. The summed E-state index contributed by atoms with van der Waals surface area (Å²) in [6.45, 7) is 5.00. The molecule has 3 rings (SSSR count). The molecule has 36 heavy (non-hydrogen) atoms. The average molecular weight is 540 g/mol. The summed E-state index contributed by atoms with van der Waals surface area (Å²) in [6, 6.07) is 7.09. The topological polar surface area (TPSA) is 135 Å². The molecule has 196 valence electrons. The Kier molecular flexibility index (Phi) is 8.40. The highest BCUT2D eigenvalue weighted by Gasteiger charge is 2.25. The van der Waals surface area contributed by atoms with Gasteiger partial charge in [0.25, 0.3) is 5.91 Å². The standard InChI is InChI=1S/C24H30FN3O6S2/c1-5-16-14-19-20(23(29)26-4)21(17-8-10-18(25)11-9-17)34-24(19)27-22(16)28-36(32,33)13-7-6-12-35(30,31)15(2)3/h8-11,14-15H,5-7,12-13H2,1-4H3,(H,26,29)(H,27,28). The molecule has 0 spiro atoms. The molecule has 0 aliphatic rings. The van der Waals surface area contributed by atoms with Gasteiger partial charge in [0, 0.05) is 12.6 Å². The number of nitrogens with one attached hydrogen (secondary N) is 2. The van der Waals surface area contributed by atoms with Crippen LogP contribution in [0.1, 0.15) is 49.5 Å². The lowest BCUT2D eigenvalue weighted by Crippen LogP contribution is -2.21. The minimum Gasteiger partial charge on any atom is -0.437 e. The van der Waals surface area contributed by atoms with Gasteiger partial charge in [-0.3, -0.25) is 9.52 Å². The van der Waals surface area contributed by atoms with Crippen LogP contribution in [0.2, 0.25) is 0 Å². The Hall–Kier alpha value is -2.99. The SMILES string of the molecule is CCc1cc2c(C(=O)NC)c(-c3ccc(F)cc3)oc2nc1NS(=O)(=O)CCCCS(=O)(=O)C(C)C. The molecule has 0 aliphatic heterocycles. The van der Waals surface area contributed by atoms with Crippen LogP contribution in [0.25, 0.3) is 22.4 Å². The Labute approximate surface area is 210 Å². The van der Waals surface area contributed by atoms with Crippen LogP contribution in [0.3, 0.4) is 0 Å². The van der Waals surface area contributed by atoms with Gasteiger partial charge in [0.1, 0.15) is 17.4 Å². The lowest BCUT2D eigenvalue weighted by atomic mass is 10.0. The number of carbonyl (C=O) groups excluding carboxylic acids is 1. The molecule has 0 fully saturated rings. The Bertz CT molecular complexity index is 1460. The monoisotopic (exact) mass is 539 g/mol. The molecule has 0 unspecified atom stereocenters. The van der Waals surface area contributed by atoms with Crippen molar-refractivity contribution in [3.8, 4) is 11.3 Å². The number of halogens is 1. The molecule has 0 saturated heterocycles. The van der Waals surface area contributed by atoms with Crippen LogP contribution in [0.15, 0.2) is 34.7 Å². The maximum atomic E-state index is 13.4. The van der Waals surface area contributed by atoms with E-state index in [1.807, 2.05) is 6.92 Å². The van der Waals surface area contributed by atoms with Crippen LogP contribution < -0.4 is 10.0 Å². The van der Waals surface area contributed by atoms with Gasteiger partial charge in [-0.25, -0.2) is 21.2 Å². The van der Waals surface area contributed by atoms with Gasteiger partial charge in [-0.1, -0.05) is 6.92 Å². The Morgan fingerprint density at radius 1 is 1.08 bits per heavy atom. The van der Waals surface area contributed by atoms with E-state index in [0.29, 0.717) is 22.9 Å². The third-order valence-corrected chi connectivity index (χ3v) is 9.39. The highest BCUT2D eigenvalue weighted by atomic mass is 32.2. The van der Waals surface area contributed by atoms with Crippen LogP contribution in [-0.2, 0) is 26.3 Å². The number of nitrogens with zero attached hydrogens (tertiary/aromatic N) is 1. The molecule has 1 amide bonds. The minimum absolute atomic E-state index is 0.0471. The number of sulfone groups is 1. The third kappa shape index (κ3) is 6.22. The maximum absolute atomic E-state index is 13.4. The number of aryl methyl sites for hydroxylation is 1. The quantitative estimate of drug-likeness (QED) is 0.353. The average Bonchev–Trinajstić information content (AvgIpc) is 3.19. The van der Waals surface area contributed by atoms with Crippen molar-refractivity contribution >= 4 is 42.7 Å². The molecule has 0 saturated carbocycles. The van der Waals surface area contributed by atoms with Gasteiger partial charge in [-0.05, 0) is 69.0 Å². The number of fused-ring (bicyclic) bond motifs is 1. The largest absolute Gasteiger partial charge is 0.437 e. The van der Waals surface area contributed by atoms with E-state index in [0.717, 1.165) is 0 Å². The number of hydrogen-bond acceptors (Lipinski definition) is 7. The molecule has 0 radical (unpaired) electrons. The van der Waals surface area contributed by atoms with Gasteiger partial charge < -0.3 is 9.73 Å². The molecule has 1 aromatic carbocycles. The highest BCUT2D eigenvalue weighted by molar-refractivity contribution is 7.92. The van der Waals surface area contributed by atoms with Crippen molar-refractivity contribution in [1.82, 2.24) is 10.3 Å². The number of sulfonamides is 1. The molecule has 0 aliphatic carbocycles. The van der Waals surface area contributed by atoms with Gasteiger partial charge in [0.15, 0.2) is 9.84 Å². The molecule has 0 atom stereocenters. The lowest BCUT2D eigenvalue weighted by Gasteiger charge is -2.11. The summed E-state index contributed by atoms with van der Waals surface area (Å²) in [4.78, 5) is 17.1. The number of aromatic nitrogens is 1. The van der Waals surface area contributed by atoms with E-state index in [-0.39, 0.29) is 47.2 Å². The van der Waals surface area contributed by atoms with Crippen LogP contribution >= 0.6 is 0 Å². The van der Waals surface area contributed by atoms with Crippen molar-refractivity contribution in [2.45, 2.75) is 45.3 Å². The molecule has 2 aromatic heterocycles. The number of rotatable bonds is 11. The molecule has 12 heteroatoms. The normalized spacial score (nSPS) is 12.3. The van der Waals surface area contributed by atoms with Crippen LogP contribution in [0.4, 0.5) is 10.2 Å². The fraction of sp³-hybridized carbons (Fsp3) is 0.417. The Morgan fingerprint density at radius 3 is 2.31 bits per heavy atom. The summed E-state index contributed by atoms with van der Waals surface area (Å²) >= 11 is 0. The molecule has 3 aromatic rings. The second kappa shape index (κ2) is 11.0.